The Hall–Kier alpha value is -2.38. The van der Waals surface area contributed by atoms with Crippen molar-refractivity contribution >= 4 is 23.6 Å². The monoisotopic (exact) mass is 406 g/mol. The fourth-order valence-electron chi connectivity index (χ4n) is 3.36. The van der Waals surface area contributed by atoms with Gasteiger partial charge < -0.3 is 21.3 Å². The van der Waals surface area contributed by atoms with Crippen molar-refractivity contribution in [2.24, 2.45) is 17.3 Å². The highest BCUT2D eigenvalue weighted by atomic mass is 16.2. The van der Waals surface area contributed by atoms with Gasteiger partial charge in [0.15, 0.2) is 0 Å². The molecule has 1 aliphatic carbocycles. The third-order valence-electron chi connectivity index (χ3n) is 5.27. The van der Waals surface area contributed by atoms with Gasteiger partial charge in [0.05, 0.1) is 0 Å². The summed E-state index contributed by atoms with van der Waals surface area (Å²) >= 11 is 0. The first-order valence-corrected chi connectivity index (χ1v) is 10.3. The molecule has 1 heterocycles. The van der Waals surface area contributed by atoms with Crippen LogP contribution in [0.5, 0.6) is 0 Å². The van der Waals surface area contributed by atoms with Crippen LogP contribution in [-0.2, 0) is 19.2 Å². The van der Waals surface area contributed by atoms with Crippen LogP contribution in [0.25, 0.3) is 0 Å². The molecule has 2 rings (SSSR count). The lowest BCUT2D eigenvalue weighted by Gasteiger charge is -2.26. The Bertz CT molecular complexity index is 681. The minimum Gasteiger partial charge on any atom is -0.354 e. The Morgan fingerprint density at radius 3 is 2.45 bits per heavy atom. The van der Waals surface area contributed by atoms with Crippen LogP contribution in [0.4, 0.5) is 0 Å². The van der Waals surface area contributed by atoms with E-state index in [0.29, 0.717) is 25.8 Å². The van der Waals surface area contributed by atoms with E-state index in [0.717, 1.165) is 0 Å². The molecule has 4 N–H and O–H groups in total. The maximum absolute atomic E-state index is 12.6. The summed E-state index contributed by atoms with van der Waals surface area (Å²) in [5.41, 5.74) is -0.564. The second-order valence-corrected chi connectivity index (χ2v) is 9.34. The van der Waals surface area contributed by atoms with Gasteiger partial charge in [-0.3, -0.25) is 19.2 Å². The topological polar surface area (TPSA) is 116 Å². The van der Waals surface area contributed by atoms with Crippen LogP contribution in [0.3, 0.4) is 0 Å². The summed E-state index contributed by atoms with van der Waals surface area (Å²) in [5, 5.41) is 11.4. The van der Waals surface area contributed by atoms with E-state index in [2.05, 4.69) is 21.3 Å². The van der Waals surface area contributed by atoms with Gasteiger partial charge >= 0.3 is 0 Å². The van der Waals surface area contributed by atoms with Gasteiger partial charge in [0.1, 0.15) is 12.1 Å². The van der Waals surface area contributed by atoms with Gasteiger partial charge in [-0.05, 0) is 24.7 Å². The highest BCUT2D eigenvalue weighted by Crippen LogP contribution is 2.19. The second-order valence-electron chi connectivity index (χ2n) is 9.34. The number of carbonyl (C=O) groups is 4. The van der Waals surface area contributed by atoms with Crippen molar-refractivity contribution in [3.8, 4) is 0 Å². The Morgan fingerprint density at radius 2 is 1.90 bits per heavy atom. The molecule has 0 aromatic carbocycles. The number of carbonyl (C=O) groups excluding carboxylic acids is 4. The lowest BCUT2D eigenvalue weighted by molar-refractivity contribution is -0.134. The first-order valence-electron chi connectivity index (χ1n) is 10.3. The molecule has 8 heteroatoms. The number of hydrogen-bond acceptors (Lipinski definition) is 4. The third-order valence-corrected chi connectivity index (χ3v) is 5.27. The molecule has 0 bridgehead atoms. The van der Waals surface area contributed by atoms with Crippen LogP contribution in [0.1, 0.15) is 53.9 Å². The van der Waals surface area contributed by atoms with Crippen molar-refractivity contribution < 1.29 is 19.2 Å². The molecule has 0 aromatic rings. The van der Waals surface area contributed by atoms with Crippen LogP contribution < -0.4 is 21.3 Å². The standard InChI is InChI=1S/C21H34N4O4/c1-12(2)17(25-20(29)21(3,4)5)19(28)22-11-13-6-7-14(10-13)23-18(27)15-8-9-16(26)24-15/h6-7,12-15,17H,8-11H2,1-5H3,(H,22,28)(H,23,27)(H,24,26)(H,25,29)/t13-,14+,15?,17?/m0/s1. The molecule has 1 aliphatic heterocycles. The normalized spacial score (nSPS) is 24.9. The van der Waals surface area contributed by atoms with E-state index in [-0.39, 0.29) is 41.5 Å². The van der Waals surface area contributed by atoms with Crippen molar-refractivity contribution in [1.29, 1.82) is 0 Å². The molecule has 162 valence electrons. The number of nitrogens with one attached hydrogen (secondary N) is 4. The molecule has 0 saturated carbocycles. The van der Waals surface area contributed by atoms with Gasteiger partial charge in [0, 0.05) is 24.4 Å². The van der Waals surface area contributed by atoms with Crippen molar-refractivity contribution in [1.82, 2.24) is 21.3 Å². The average molecular weight is 407 g/mol. The van der Waals surface area contributed by atoms with Gasteiger partial charge in [0.2, 0.25) is 23.6 Å². The highest BCUT2D eigenvalue weighted by Gasteiger charge is 2.31. The van der Waals surface area contributed by atoms with E-state index in [1.807, 2.05) is 46.8 Å². The van der Waals surface area contributed by atoms with Crippen LogP contribution in [-0.4, -0.2) is 48.3 Å². The summed E-state index contributed by atoms with van der Waals surface area (Å²) in [6.45, 7) is 9.67. The van der Waals surface area contributed by atoms with Crippen LogP contribution in [0, 0.1) is 17.3 Å². The number of rotatable bonds is 7. The summed E-state index contributed by atoms with van der Waals surface area (Å²) in [6.07, 6.45) is 5.50. The van der Waals surface area contributed by atoms with Crippen molar-refractivity contribution in [2.45, 2.75) is 72.0 Å². The maximum atomic E-state index is 12.6. The largest absolute Gasteiger partial charge is 0.354 e. The van der Waals surface area contributed by atoms with E-state index in [1.165, 1.54) is 0 Å². The molecule has 29 heavy (non-hydrogen) atoms. The predicted octanol–water partition coefficient (Wildman–Crippen LogP) is 0.629. The minimum atomic E-state index is -0.589. The molecule has 1 saturated heterocycles. The molecule has 4 atom stereocenters. The van der Waals surface area contributed by atoms with Gasteiger partial charge in [-0.1, -0.05) is 46.8 Å². The van der Waals surface area contributed by atoms with E-state index in [4.69, 9.17) is 0 Å². The second kappa shape index (κ2) is 9.41. The SMILES string of the molecule is CC(C)C(NC(=O)C(C)(C)C)C(=O)NC[C@H]1C=C[C@@H](NC(=O)C2CCC(=O)N2)C1. The first-order chi connectivity index (χ1) is 13.5. The minimum absolute atomic E-state index is 0.0333. The quantitative estimate of drug-likeness (QED) is 0.464. The molecular weight excluding hydrogens is 372 g/mol. The van der Waals surface area contributed by atoms with Gasteiger partial charge in [-0.2, -0.15) is 0 Å². The summed E-state index contributed by atoms with van der Waals surface area (Å²) in [6, 6.07) is -1.15. The first kappa shape index (κ1) is 22.9. The molecule has 4 amide bonds. The molecule has 1 fully saturated rings. The predicted molar refractivity (Wildman–Crippen MR) is 110 cm³/mol. The summed E-state index contributed by atoms with van der Waals surface area (Å²) in [7, 11) is 0. The van der Waals surface area contributed by atoms with Crippen molar-refractivity contribution in [3.63, 3.8) is 0 Å². The van der Waals surface area contributed by atoms with Crippen LogP contribution in [0.15, 0.2) is 12.2 Å². The summed E-state index contributed by atoms with van der Waals surface area (Å²) in [5.74, 6) is -0.547. The summed E-state index contributed by atoms with van der Waals surface area (Å²) < 4.78 is 0. The zero-order valence-corrected chi connectivity index (χ0v) is 18.0. The zero-order chi connectivity index (χ0) is 21.8. The molecule has 2 unspecified atom stereocenters. The van der Waals surface area contributed by atoms with Crippen molar-refractivity contribution in [2.75, 3.05) is 6.54 Å². The molecular formula is C21H34N4O4. The molecule has 0 aromatic heterocycles. The van der Waals surface area contributed by atoms with E-state index >= 15 is 0 Å². The molecule has 2 aliphatic rings. The molecule has 0 spiro atoms. The van der Waals surface area contributed by atoms with Crippen molar-refractivity contribution in [3.05, 3.63) is 12.2 Å². The maximum Gasteiger partial charge on any atom is 0.243 e. The van der Waals surface area contributed by atoms with Gasteiger partial charge in [0.25, 0.3) is 0 Å². The van der Waals surface area contributed by atoms with Gasteiger partial charge in [-0.25, -0.2) is 0 Å². The van der Waals surface area contributed by atoms with E-state index < -0.39 is 17.5 Å². The lowest BCUT2D eigenvalue weighted by atomic mass is 9.93. The Morgan fingerprint density at radius 1 is 1.21 bits per heavy atom. The number of amides is 4. The fourth-order valence-corrected chi connectivity index (χ4v) is 3.36. The average Bonchev–Trinajstić information content (AvgIpc) is 3.25. The van der Waals surface area contributed by atoms with Crippen LogP contribution in [0.2, 0.25) is 0 Å². The van der Waals surface area contributed by atoms with Gasteiger partial charge in [-0.15, -0.1) is 0 Å². The Labute approximate surface area is 172 Å². The third kappa shape index (κ3) is 6.58. The van der Waals surface area contributed by atoms with Crippen LogP contribution >= 0.6 is 0 Å². The van der Waals surface area contributed by atoms with E-state index in [1.54, 1.807) is 0 Å². The lowest BCUT2D eigenvalue weighted by Crippen LogP contribution is -2.53. The summed E-state index contributed by atoms with van der Waals surface area (Å²) in [4.78, 5) is 48.3. The Kier molecular flexibility index (Phi) is 7.43. The molecule has 0 radical (unpaired) electrons. The Balaban J connectivity index is 1.78. The number of hydrogen-bond donors (Lipinski definition) is 4. The zero-order valence-electron chi connectivity index (χ0n) is 18.0. The molecule has 8 nitrogen and oxygen atoms in total. The van der Waals surface area contributed by atoms with E-state index in [9.17, 15) is 19.2 Å². The highest BCUT2D eigenvalue weighted by molar-refractivity contribution is 5.91. The smallest absolute Gasteiger partial charge is 0.243 e. The fraction of sp³-hybridized carbons (Fsp3) is 0.714.